The zero-order chi connectivity index (χ0) is 22.1. The summed E-state index contributed by atoms with van der Waals surface area (Å²) in [6, 6.07) is 9.35. The Balaban J connectivity index is 1.81. The van der Waals surface area contributed by atoms with Gasteiger partial charge in [0.1, 0.15) is 17.0 Å². The van der Waals surface area contributed by atoms with Crippen LogP contribution in [0.3, 0.4) is 0 Å². The molecule has 8 nitrogen and oxygen atoms in total. The monoisotopic (exact) mass is 425 g/mol. The van der Waals surface area contributed by atoms with Crippen LogP contribution >= 0.6 is 0 Å². The van der Waals surface area contributed by atoms with Gasteiger partial charge in [0.15, 0.2) is 5.82 Å². The van der Waals surface area contributed by atoms with Gasteiger partial charge in [-0.25, -0.2) is 4.98 Å². The van der Waals surface area contributed by atoms with E-state index in [0.717, 1.165) is 48.3 Å². The lowest BCUT2D eigenvalue weighted by Crippen LogP contribution is -2.25. The van der Waals surface area contributed by atoms with Gasteiger partial charge in [0, 0.05) is 24.4 Å². The molecule has 0 saturated carbocycles. The molecule has 0 aliphatic heterocycles. The summed E-state index contributed by atoms with van der Waals surface area (Å²) in [5.41, 5.74) is 2.37. The summed E-state index contributed by atoms with van der Waals surface area (Å²) < 4.78 is 10.7. The number of anilines is 2. The van der Waals surface area contributed by atoms with Gasteiger partial charge in [0.25, 0.3) is 0 Å². The van der Waals surface area contributed by atoms with Crippen molar-refractivity contribution in [2.45, 2.75) is 45.2 Å². The van der Waals surface area contributed by atoms with E-state index in [1.807, 2.05) is 30.3 Å². The van der Waals surface area contributed by atoms with Gasteiger partial charge in [-0.15, -0.1) is 0 Å². The van der Waals surface area contributed by atoms with E-state index in [9.17, 15) is 5.11 Å². The zero-order valence-corrected chi connectivity index (χ0v) is 18.4. The minimum absolute atomic E-state index is 0.0356. The summed E-state index contributed by atoms with van der Waals surface area (Å²) in [5.74, 6) is 2.55. The van der Waals surface area contributed by atoms with E-state index in [-0.39, 0.29) is 12.6 Å². The highest BCUT2D eigenvalue weighted by Gasteiger charge is 2.14. The van der Waals surface area contributed by atoms with Crippen LogP contribution in [0.25, 0.3) is 11.0 Å². The summed E-state index contributed by atoms with van der Waals surface area (Å²) >= 11 is 0. The van der Waals surface area contributed by atoms with Gasteiger partial charge < -0.3 is 25.2 Å². The number of unbranched alkanes of at least 4 members (excludes halogenated alkanes) is 2. The van der Waals surface area contributed by atoms with E-state index < -0.39 is 0 Å². The molecule has 2 heterocycles. The number of aliphatic hydroxyl groups excluding tert-OH is 1. The van der Waals surface area contributed by atoms with Crippen LogP contribution in [-0.2, 0) is 6.54 Å². The summed E-state index contributed by atoms with van der Waals surface area (Å²) in [6.45, 7) is 2.69. The van der Waals surface area contributed by atoms with E-state index in [0.29, 0.717) is 23.8 Å². The molecule has 1 atom stereocenters. The third kappa shape index (κ3) is 5.95. The van der Waals surface area contributed by atoms with Crippen LogP contribution in [0.5, 0.6) is 11.5 Å². The number of nitrogens with one attached hydrogen (secondary N) is 2. The lowest BCUT2D eigenvalue weighted by Gasteiger charge is -2.18. The summed E-state index contributed by atoms with van der Waals surface area (Å²) in [6.07, 6.45) is 5.91. The molecule has 31 heavy (non-hydrogen) atoms. The first-order valence-electron chi connectivity index (χ1n) is 10.6. The molecule has 0 saturated heterocycles. The molecule has 166 valence electrons. The first-order chi connectivity index (χ1) is 15.2. The van der Waals surface area contributed by atoms with Crippen LogP contribution < -0.4 is 20.1 Å². The number of hydrogen-bond acceptors (Lipinski definition) is 8. The number of rotatable bonds is 12. The van der Waals surface area contributed by atoms with Gasteiger partial charge in [0.2, 0.25) is 5.95 Å². The second-order valence-electron chi connectivity index (χ2n) is 7.32. The Morgan fingerprint density at radius 3 is 2.71 bits per heavy atom. The molecule has 3 N–H and O–H groups in total. The van der Waals surface area contributed by atoms with Gasteiger partial charge in [-0.2, -0.15) is 4.98 Å². The Labute approximate surface area is 183 Å². The zero-order valence-electron chi connectivity index (χ0n) is 18.4. The predicted molar refractivity (Wildman–Crippen MR) is 123 cm³/mol. The van der Waals surface area contributed by atoms with E-state index >= 15 is 0 Å². The molecule has 8 heteroatoms. The van der Waals surface area contributed by atoms with Crippen molar-refractivity contribution in [3.8, 4) is 11.5 Å². The van der Waals surface area contributed by atoms with Crippen LogP contribution in [0.15, 0.2) is 36.5 Å². The van der Waals surface area contributed by atoms with Crippen molar-refractivity contribution >= 4 is 22.8 Å². The average Bonchev–Trinajstić information content (AvgIpc) is 2.82. The van der Waals surface area contributed by atoms with E-state index in [1.54, 1.807) is 20.4 Å². The molecule has 1 unspecified atom stereocenters. The maximum Gasteiger partial charge on any atom is 0.225 e. The Morgan fingerprint density at radius 1 is 1.10 bits per heavy atom. The number of pyridine rings is 1. The van der Waals surface area contributed by atoms with Gasteiger partial charge >= 0.3 is 0 Å². The van der Waals surface area contributed by atoms with E-state index in [2.05, 4.69) is 32.5 Å². The topological polar surface area (TPSA) is 101 Å². The molecule has 1 aromatic carbocycles. The van der Waals surface area contributed by atoms with Gasteiger partial charge in [-0.05, 0) is 30.7 Å². The number of aliphatic hydroxyl groups is 1. The number of nitrogens with zero attached hydrogens (tertiary/aromatic N) is 3. The molecule has 0 radical (unpaired) electrons. The minimum atomic E-state index is -0.0822. The number of ether oxygens (including phenoxy) is 2. The van der Waals surface area contributed by atoms with Crippen molar-refractivity contribution in [3.05, 3.63) is 42.1 Å². The predicted octanol–water partition coefficient (Wildman–Crippen LogP) is 4.01. The third-order valence-electron chi connectivity index (χ3n) is 5.10. The van der Waals surface area contributed by atoms with Gasteiger partial charge in [-0.3, -0.25) is 4.98 Å². The largest absolute Gasteiger partial charge is 0.497 e. The molecule has 3 rings (SSSR count). The van der Waals surface area contributed by atoms with Gasteiger partial charge in [-0.1, -0.05) is 26.2 Å². The number of methoxy groups -OCH3 is 2. The van der Waals surface area contributed by atoms with Crippen molar-refractivity contribution in [2.75, 3.05) is 31.5 Å². The molecule has 0 spiro atoms. The van der Waals surface area contributed by atoms with Crippen LogP contribution in [0.1, 0.15) is 38.2 Å². The molecule has 0 bridgehead atoms. The Kier molecular flexibility index (Phi) is 8.23. The van der Waals surface area contributed by atoms with Crippen molar-refractivity contribution in [2.24, 2.45) is 0 Å². The smallest absolute Gasteiger partial charge is 0.225 e. The minimum Gasteiger partial charge on any atom is -0.497 e. The van der Waals surface area contributed by atoms with Crippen LogP contribution in [0, 0.1) is 0 Å². The van der Waals surface area contributed by atoms with Crippen molar-refractivity contribution in [3.63, 3.8) is 0 Å². The van der Waals surface area contributed by atoms with Gasteiger partial charge in [0.05, 0.1) is 32.4 Å². The van der Waals surface area contributed by atoms with Crippen molar-refractivity contribution < 1.29 is 14.6 Å². The molecule has 2 aromatic heterocycles. The maximum absolute atomic E-state index is 9.81. The number of benzene rings is 1. The highest BCUT2D eigenvalue weighted by atomic mass is 16.5. The second kappa shape index (κ2) is 11.3. The Bertz CT molecular complexity index is 983. The summed E-state index contributed by atoms with van der Waals surface area (Å²) in [5, 5.41) is 16.5. The number of fused-ring (bicyclic) bond motifs is 1. The fraction of sp³-hybridized carbons (Fsp3) is 0.435. The molecule has 3 aromatic rings. The van der Waals surface area contributed by atoms with Crippen LogP contribution in [0.2, 0.25) is 0 Å². The lowest BCUT2D eigenvalue weighted by molar-refractivity contribution is 0.266. The Morgan fingerprint density at radius 2 is 1.97 bits per heavy atom. The molecule has 0 aliphatic rings. The van der Waals surface area contributed by atoms with E-state index in [1.165, 1.54) is 0 Å². The summed E-state index contributed by atoms with van der Waals surface area (Å²) in [4.78, 5) is 13.7. The Hall–Kier alpha value is -3.13. The number of hydrogen-bond donors (Lipinski definition) is 3. The quantitative estimate of drug-likeness (QED) is 0.374. The maximum atomic E-state index is 9.81. The SMILES string of the molecule is CCCCCC(CO)Nc1nc(NCc2ccc(OC)cc2OC)nc2cccnc12. The van der Waals surface area contributed by atoms with Crippen LogP contribution in [-0.4, -0.2) is 46.9 Å². The molecule has 0 amide bonds. The summed E-state index contributed by atoms with van der Waals surface area (Å²) in [7, 11) is 3.26. The first-order valence-corrected chi connectivity index (χ1v) is 10.6. The number of aromatic nitrogens is 3. The highest BCUT2D eigenvalue weighted by molar-refractivity contribution is 5.86. The fourth-order valence-corrected chi connectivity index (χ4v) is 3.36. The molecular formula is C23H31N5O3. The normalized spacial score (nSPS) is 11.9. The van der Waals surface area contributed by atoms with Crippen LogP contribution in [0.4, 0.5) is 11.8 Å². The highest BCUT2D eigenvalue weighted by Crippen LogP contribution is 2.26. The molecule has 0 aliphatic carbocycles. The molecular weight excluding hydrogens is 394 g/mol. The lowest BCUT2D eigenvalue weighted by atomic mass is 10.1. The fourth-order valence-electron chi connectivity index (χ4n) is 3.36. The second-order valence-corrected chi connectivity index (χ2v) is 7.32. The van der Waals surface area contributed by atoms with Crippen molar-refractivity contribution in [1.82, 2.24) is 15.0 Å². The first kappa shape index (κ1) is 22.6. The molecule has 0 fully saturated rings. The standard InChI is InChI=1S/C23H31N5O3/c1-4-5-6-8-17(15-29)26-22-21-19(9-7-12-24-21)27-23(28-22)25-14-16-10-11-18(30-2)13-20(16)31-3/h7,9-13,17,29H,4-6,8,14-15H2,1-3H3,(H2,25,26,27,28). The average molecular weight is 426 g/mol. The van der Waals surface area contributed by atoms with Crippen molar-refractivity contribution in [1.29, 1.82) is 0 Å². The third-order valence-corrected chi connectivity index (χ3v) is 5.10. The van der Waals surface area contributed by atoms with E-state index in [4.69, 9.17) is 9.47 Å².